The predicted molar refractivity (Wildman–Crippen MR) is 74.6 cm³/mol. The zero-order valence-corrected chi connectivity index (χ0v) is 11.6. The van der Waals surface area contributed by atoms with E-state index in [4.69, 9.17) is 41.2 Å². The molecule has 0 atom stereocenters. The van der Waals surface area contributed by atoms with Gasteiger partial charge >= 0.3 is 0 Å². The molecule has 1 rings (SSSR count). The smallest absolute Gasteiger partial charge is 0.293 e. The number of rotatable bonds is 2. The van der Waals surface area contributed by atoms with Crippen molar-refractivity contribution in [2.45, 2.75) is 0 Å². The van der Waals surface area contributed by atoms with Crippen LogP contribution in [0.3, 0.4) is 0 Å². The lowest BCUT2D eigenvalue weighted by Gasteiger charge is -2.18. The van der Waals surface area contributed by atoms with Crippen LogP contribution < -0.4 is 5.73 Å². The highest BCUT2D eigenvalue weighted by Crippen LogP contribution is 2.30. The van der Waals surface area contributed by atoms with Gasteiger partial charge in [-0.25, -0.2) is 0 Å². The Hall–Kier alpha value is -0.880. The molecule has 0 heterocycles. The van der Waals surface area contributed by atoms with Crippen LogP contribution in [0.1, 0.15) is 5.56 Å². The summed E-state index contributed by atoms with van der Waals surface area (Å²) in [5.74, 6) is -0.0808. The first-order valence-electron chi connectivity index (χ1n) is 4.61. The summed E-state index contributed by atoms with van der Waals surface area (Å²) in [5.41, 5.74) is 5.91. The van der Waals surface area contributed by atoms with Crippen LogP contribution in [-0.2, 0) is 0 Å². The van der Waals surface area contributed by atoms with Gasteiger partial charge in [-0.15, -0.1) is 4.59 Å². The van der Waals surface area contributed by atoms with Gasteiger partial charge in [-0.1, -0.05) is 28.3 Å². The molecule has 0 fully saturated rings. The number of nitrogens with zero attached hydrogens (tertiary/aromatic N) is 2. The summed E-state index contributed by atoms with van der Waals surface area (Å²) >= 11 is 16.5. The highest BCUT2D eigenvalue weighted by atomic mass is 35.5. The van der Waals surface area contributed by atoms with E-state index in [0.717, 1.165) is 0 Å². The molecule has 3 N–H and O–H groups in total. The largest absolute Gasteiger partial charge is 0.506 e. The maximum Gasteiger partial charge on any atom is 0.293 e. The molecule has 1 aromatic rings. The van der Waals surface area contributed by atoms with Gasteiger partial charge in [0.15, 0.2) is 0 Å². The number of thiocarbonyl (C=S) groups is 1. The van der Waals surface area contributed by atoms with Gasteiger partial charge in [0.1, 0.15) is 5.75 Å². The topological polar surface area (TPSA) is 58.6 Å². The molecule has 17 heavy (non-hydrogen) atoms. The van der Waals surface area contributed by atoms with Gasteiger partial charge in [0, 0.05) is 22.8 Å². The van der Waals surface area contributed by atoms with Crippen LogP contribution in [-0.4, -0.2) is 35.1 Å². The second-order valence-electron chi connectivity index (χ2n) is 3.80. The van der Waals surface area contributed by atoms with Gasteiger partial charge in [0.05, 0.1) is 25.3 Å². The summed E-state index contributed by atoms with van der Waals surface area (Å²) in [4.78, 5) is 0. The quantitative estimate of drug-likeness (QED) is 0.381. The Balaban J connectivity index is 3.12. The summed E-state index contributed by atoms with van der Waals surface area (Å²) in [6.45, 7) is 0. The zero-order valence-electron chi connectivity index (χ0n) is 9.32. The number of halogens is 2. The Morgan fingerprint density at radius 3 is 2.59 bits per heavy atom. The Kier molecular flexibility index (Phi) is 4.32. The standard InChI is InChI=1S/C10H11Cl2N3OS/c1-15(2,10(13)17)14-5-6-3-7(11)4-8(12)9(6)16/h3-5H,1-2H3,(H2-,13,14,16,17)/p+1. The third-order valence-electron chi connectivity index (χ3n) is 2.08. The lowest BCUT2D eigenvalue weighted by atomic mass is 10.2. The van der Waals surface area contributed by atoms with E-state index in [1.54, 1.807) is 20.2 Å². The maximum atomic E-state index is 9.70. The first-order chi connectivity index (χ1) is 7.74. The van der Waals surface area contributed by atoms with Gasteiger partial charge in [-0.3, -0.25) is 0 Å². The van der Waals surface area contributed by atoms with Crippen molar-refractivity contribution in [3.8, 4) is 5.75 Å². The van der Waals surface area contributed by atoms with Gasteiger partial charge in [0.25, 0.3) is 5.11 Å². The van der Waals surface area contributed by atoms with E-state index < -0.39 is 0 Å². The number of phenolic OH excluding ortho intramolecular Hbond substituents is 1. The van der Waals surface area contributed by atoms with Gasteiger partial charge < -0.3 is 10.8 Å². The fraction of sp³-hybridized carbons (Fsp3) is 0.200. The Morgan fingerprint density at radius 1 is 1.47 bits per heavy atom. The van der Waals surface area contributed by atoms with Crippen molar-refractivity contribution >= 4 is 46.7 Å². The van der Waals surface area contributed by atoms with Crippen LogP contribution in [0.2, 0.25) is 10.0 Å². The molecule has 0 saturated heterocycles. The molecule has 0 bridgehead atoms. The number of hydrogen-bond acceptors (Lipinski definition) is 3. The van der Waals surface area contributed by atoms with E-state index in [1.165, 1.54) is 12.3 Å². The fourth-order valence-electron chi connectivity index (χ4n) is 0.948. The molecule has 4 nitrogen and oxygen atoms in total. The van der Waals surface area contributed by atoms with Crippen LogP contribution in [0.5, 0.6) is 5.75 Å². The van der Waals surface area contributed by atoms with Gasteiger partial charge in [0.2, 0.25) is 0 Å². The minimum absolute atomic E-state index is 0.0289. The van der Waals surface area contributed by atoms with Crippen molar-refractivity contribution in [1.82, 2.24) is 0 Å². The van der Waals surface area contributed by atoms with Crippen LogP contribution >= 0.6 is 35.4 Å². The van der Waals surface area contributed by atoms with Crippen molar-refractivity contribution in [3.05, 3.63) is 27.7 Å². The molecule has 7 heteroatoms. The van der Waals surface area contributed by atoms with E-state index in [0.29, 0.717) is 10.6 Å². The molecule has 0 aliphatic rings. The molecule has 1 aromatic carbocycles. The number of phenols is 1. The van der Waals surface area contributed by atoms with Crippen molar-refractivity contribution in [1.29, 1.82) is 0 Å². The Morgan fingerprint density at radius 2 is 2.06 bits per heavy atom. The van der Waals surface area contributed by atoms with Crippen LogP contribution in [0.4, 0.5) is 0 Å². The van der Waals surface area contributed by atoms with Crippen molar-refractivity contribution in [2.75, 3.05) is 14.1 Å². The van der Waals surface area contributed by atoms with Crippen LogP contribution in [0, 0.1) is 0 Å². The number of quaternary nitrogens is 1. The Bertz CT molecular complexity index is 489. The number of nitrogens with two attached hydrogens (primary N) is 1. The monoisotopic (exact) mass is 292 g/mol. The van der Waals surface area contributed by atoms with E-state index in [1.807, 2.05) is 0 Å². The van der Waals surface area contributed by atoms with E-state index >= 15 is 0 Å². The highest BCUT2D eigenvalue weighted by Gasteiger charge is 2.18. The fourth-order valence-corrected chi connectivity index (χ4v) is 1.50. The molecule has 0 spiro atoms. The van der Waals surface area contributed by atoms with Crippen molar-refractivity contribution in [2.24, 2.45) is 10.8 Å². The SMILES string of the molecule is C[N+](C)(/N=C/c1cc(Cl)cc(Cl)c1O)C(N)=S. The maximum absolute atomic E-state index is 9.70. The summed E-state index contributed by atoms with van der Waals surface area (Å²) in [6, 6.07) is 3.00. The molecular formula is C10H12Cl2N3OS+. The summed E-state index contributed by atoms with van der Waals surface area (Å²) in [5, 5.41) is 14.6. The third-order valence-corrected chi connectivity index (χ3v) is 3.04. The van der Waals surface area contributed by atoms with E-state index in [9.17, 15) is 5.11 Å². The molecule has 0 unspecified atom stereocenters. The van der Waals surface area contributed by atoms with E-state index in [-0.39, 0.29) is 20.5 Å². The van der Waals surface area contributed by atoms with Crippen LogP contribution in [0.15, 0.2) is 17.2 Å². The Labute approximate surface area is 115 Å². The first kappa shape index (κ1) is 14.2. The number of aromatic hydroxyl groups is 1. The van der Waals surface area contributed by atoms with Gasteiger partial charge in [-0.2, -0.15) is 0 Å². The first-order valence-corrected chi connectivity index (χ1v) is 5.78. The second-order valence-corrected chi connectivity index (χ2v) is 5.06. The average molecular weight is 293 g/mol. The molecule has 0 aliphatic heterocycles. The molecule has 0 aromatic heterocycles. The predicted octanol–water partition coefficient (Wildman–Crippen LogP) is 2.35. The second kappa shape index (κ2) is 5.18. The van der Waals surface area contributed by atoms with E-state index in [2.05, 4.69) is 5.10 Å². The van der Waals surface area contributed by atoms with Crippen molar-refractivity contribution in [3.63, 3.8) is 0 Å². The highest BCUT2D eigenvalue weighted by molar-refractivity contribution is 7.79. The molecule has 0 saturated carbocycles. The lowest BCUT2D eigenvalue weighted by molar-refractivity contribution is -0.804. The number of hydrogen-bond donors (Lipinski definition) is 2. The number of benzene rings is 1. The molecule has 0 aliphatic carbocycles. The van der Waals surface area contributed by atoms with Crippen LogP contribution in [0.25, 0.3) is 0 Å². The zero-order chi connectivity index (χ0) is 13.2. The summed E-state index contributed by atoms with van der Waals surface area (Å²) in [6.07, 6.45) is 1.42. The molecule has 92 valence electrons. The summed E-state index contributed by atoms with van der Waals surface area (Å²) < 4.78 is -0.0289. The lowest BCUT2D eigenvalue weighted by Crippen LogP contribution is -2.44. The molecule has 0 radical (unpaired) electrons. The normalized spacial score (nSPS) is 12.0. The van der Waals surface area contributed by atoms with Crippen molar-refractivity contribution < 1.29 is 9.70 Å². The van der Waals surface area contributed by atoms with Gasteiger partial charge in [-0.05, 0) is 12.1 Å². The minimum atomic E-state index is -0.0808. The third kappa shape index (κ3) is 3.54. The molecular weight excluding hydrogens is 281 g/mol. The molecule has 0 amide bonds. The minimum Gasteiger partial charge on any atom is -0.506 e. The summed E-state index contributed by atoms with van der Waals surface area (Å²) in [7, 11) is 3.42. The average Bonchev–Trinajstić information content (AvgIpc) is 2.21.